The Morgan fingerprint density at radius 3 is 2.58 bits per heavy atom. The molecular weight excluding hydrogens is 308 g/mol. The summed E-state index contributed by atoms with van der Waals surface area (Å²) in [5.74, 6) is 0.745. The first-order valence-electron chi connectivity index (χ1n) is 8.69. The molecule has 1 fully saturated rings. The van der Waals surface area contributed by atoms with Crippen LogP contribution in [0.4, 0.5) is 4.79 Å². The third-order valence-corrected chi connectivity index (χ3v) is 4.74. The second-order valence-corrected chi connectivity index (χ2v) is 6.27. The maximum Gasteiger partial charge on any atom is 0.318 e. The molecule has 0 saturated carbocycles. The maximum absolute atomic E-state index is 12.7. The molecule has 1 saturated heterocycles. The van der Waals surface area contributed by atoms with E-state index in [-0.39, 0.29) is 24.0 Å². The van der Waals surface area contributed by atoms with Gasteiger partial charge in [0.2, 0.25) is 5.91 Å². The van der Waals surface area contributed by atoms with E-state index in [0.29, 0.717) is 25.4 Å². The highest BCUT2D eigenvalue weighted by Gasteiger charge is 2.36. The molecule has 3 amide bonds. The Morgan fingerprint density at radius 2 is 2.04 bits per heavy atom. The van der Waals surface area contributed by atoms with Crippen molar-refractivity contribution in [2.45, 2.75) is 59.5 Å². The highest BCUT2D eigenvalue weighted by molar-refractivity contribution is 5.87. The number of hydrogen-bond acceptors (Lipinski definition) is 4. The minimum Gasteiger partial charge on any atom is -0.361 e. The first kappa shape index (κ1) is 18.3. The summed E-state index contributed by atoms with van der Waals surface area (Å²) in [4.78, 5) is 28.8. The van der Waals surface area contributed by atoms with E-state index in [1.54, 1.807) is 9.80 Å². The van der Waals surface area contributed by atoms with Gasteiger partial charge in [-0.05, 0) is 47.5 Å². The summed E-state index contributed by atoms with van der Waals surface area (Å²) < 4.78 is 5.17. The molecule has 0 spiro atoms. The molecular formula is C17H28N4O3. The number of nitrogens with one attached hydrogen (secondary N) is 1. The number of likely N-dealkylation sites (N-methyl/N-ethyl adjacent to an activating group) is 1. The summed E-state index contributed by atoms with van der Waals surface area (Å²) in [7, 11) is 0. The van der Waals surface area contributed by atoms with Crippen molar-refractivity contribution in [2.75, 3.05) is 19.6 Å². The minimum atomic E-state index is -0.359. The third-order valence-electron chi connectivity index (χ3n) is 4.74. The van der Waals surface area contributed by atoms with Gasteiger partial charge in [0.15, 0.2) is 0 Å². The first-order chi connectivity index (χ1) is 11.4. The first-order valence-corrected chi connectivity index (χ1v) is 8.69. The van der Waals surface area contributed by atoms with Crippen LogP contribution in [0.5, 0.6) is 0 Å². The van der Waals surface area contributed by atoms with Gasteiger partial charge < -0.3 is 19.6 Å². The lowest BCUT2D eigenvalue weighted by molar-refractivity contribution is -0.134. The van der Waals surface area contributed by atoms with Crippen molar-refractivity contribution in [2.24, 2.45) is 0 Å². The quantitative estimate of drug-likeness (QED) is 0.895. The fourth-order valence-corrected chi connectivity index (χ4v) is 3.46. The summed E-state index contributed by atoms with van der Waals surface area (Å²) in [6, 6.07) is -0.777. The van der Waals surface area contributed by atoms with Crippen molar-refractivity contribution in [1.82, 2.24) is 20.3 Å². The molecule has 2 unspecified atom stereocenters. The van der Waals surface area contributed by atoms with Gasteiger partial charge in [0, 0.05) is 25.2 Å². The number of carbonyl (C=O) groups excluding carboxylic acids is 2. The van der Waals surface area contributed by atoms with Crippen molar-refractivity contribution in [3.8, 4) is 0 Å². The highest BCUT2D eigenvalue weighted by atomic mass is 16.5. The van der Waals surface area contributed by atoms with Gasteiger partial charge in [-0.15, -0.1) is 0 Å². The topological polar surface area (TPSA) is 78.7 Å². The normalized spacial score (nSPS) is 18.5. The number of aromatic nitrogens is 1. The van der Waals surface area contributed by atoms with Crippen molar-refractivity contribution in [3.05, 3.63) is 17.0 Å². The van der Waals surface area contributed by atoms with E-state index in [1.807, 2.05) is 34.6 Å². The van der Waals surface area contributed by atoms with Crippen LogP contribution in [0.3, 0.4) is 0 Å². The van der Waals surface area contributed by atoms with Gasteiger partial charge in [-0.1, -0.05) is 5.16 Å². The van der Waals surface area contributed by atoms with Gasteiger partial charge in [-0.25, -0.2) is 4.79 Å². The van der Waals surface area contributed by atoms with Gasteiger partial charge in [0.1, 0.15) is 11.8 Å². The minimum absolute atomic E-state index is 0.0395. The summed E-state index contributed by atoms with van der Waals surface area (Å²) in [6.07, 6.45) is 1.58. The van der Waals surface area contributed by atoms with Crippen LogP contribution in [-0.4, -0.2) is 52.6 Å². The molecule has 7 heteroatoms. The Morgan fingerprint density at radius 1 is 1.38 bits per heavy atom. The molecule has 1 aliphatic rings. The number of rotatable bonds is 5. The highest BCUT2D eigenvalue weighted by Crippen LogP contribution is 2.23. The molecule has 2 heterocycles. The third kappa shape index (κ3) is 3.55. The zero-order chi connectivity index (χ0) is 17.9. The monoisotopic (exact) mass is 336 g/mol. The van der Waals surface area contributed by atoms with Crippen LogP contribution < -0.4 is 5.32 Å². The molecule has 7 nitrogen and oxygen atoms in total. The molecule has 24 heavy (non-hydrogen) atoms. The van der Waals surface area contributed by atoms with E-state index in [9.17, 15) is 9.59 Å². The van der Waals surface area contributed by atoms with Crippen LogP contribution in [0.15, 0.2) is 4.52 Å². The molecule has 1 aromatic heterocycles. The molecule has 0 radical (unpaired) electrons. The predicted molar refractivity (Wildman–Crippen MR) is 90.6 cm³/mol. The standard InChI is InChI=1S/C17H28N4O3/c1-6-20(7-2)16(22)14-9-8-10-21(14)17(23)18-11(3)15-12(4)19-24-13(15)5/h11,14H,6-10H2,1-5H3,(H,18,23). The molecule has 0 bridgehead atoms. The van der Waals surface area contributed by atoms with E-state index >= 15 is 0 Å². The number of likely N-dealkylation sites (tertiary alicyclic amines) is 1. The summed E-state index contributed by atoms with van der Waals surface area (Å²) in [6.45, 7) is 11.4. The zero-order valence-corrected chi connectivity index (χ0v) is 15.3. The van der Waals surface area contributed by atoms with E-state index < -0.39 is 0 Å². The van der Waals surface area contributed by atoms with Crippen molar-refractivity contribution in [1.29, 1.82) is 0 Å². The number of aryl methyl sites for hydroxylation is 2. The van der Waals surface area contributed by atoms with E-state index in [4.69, 9.17) is 4.52 Å². The maximum atomic E-state index is 12.7. The molecule has 1 aromatic rings. The van der Waals surface area contributed by atoms with Crippen LogP contribution in [0, 0.1) is 13.8 Å². The Kier molecular flexibility index (Phi) is 5.85. The second-order valence-electron chi connectivity index (χ2n) is 6.27. The second kappa shape index (κ2) is 7.68. The van der Waals surface area contributed by atoms with Crippen molar-refractivity contribution in [3.63, 3.8) is 0 Å². The molecule has 0 aromatic carbocycles. The fraction of sp³-hybridized carbons (Fsp3) is 0.706. The lowest BCUT2D eigenvalue weighted by Gasteiger charge is -2.30. The summed E-state index contributed by atoms with van der Waals surface area (Å²) in [5.41, 5.74) is 1.67. The van der Waals surface area contributed by atoms with E-state index in [0.717, 1.165) is 24.1 Å². The number of carbonyl (C=O) groups is 2. The molecule has 1 N–H and O–H groups in total. The molecule has 2 atom stereocenters. The van der Waals surface area contributed by atoms with Crippen molar-refractivity contribution >= 4 is 11.9 Å². The SMILES string of the molecule is CCN(CC)C(=O)C1CCCN1C(=O)NC(C)c1c(C)noc1C. The average molecular weight is 336 g/mol. The van der Waals surface area contributed by atoms with Crippen LogP contribution >= 0.6 is 0 Å². The number of urea groups is 1. The van der Waals surface area contributed by atoms with Gasteiger partial charge in [-0.2, -0.15) is 0 Å². The number of hydrogen-bond donors (Lipinski definition) is 1. The largest absolute Gasteiger partial charge is 0.361 e. The fourth-order valence-electron chi connectivity index (χ4n) is 3.46. The van der Waals surface area contributed by atoms with Gasteiger partial charge in [-0.3, -0.25) is 4.79 Å². The summed E-state index contributed by atoms with van der Waals surface area (Å²) in [5, 5.41) is 6.91. The van der Waals surface area contributed by atoms with Gasteiger partial charge in [0.05, 0.1) is 11.7 Å². The predicted octanol–water partition coefficient (Wildman–Crippen LogP) is 2.39. The van der Waals surface area contributed by atoms with E-state index in [2.05, 4.69) is 10.5 Å². The van der Waals surface area contributed by atoms with Crippen LogP contribution in [0.1, 0.15) is 56.7 Å². The van der Waals surface area contributed by atoms with Crippen LogP contribution in [0.2, 0.25) is 0 Å². The zero-order valence-electron chi connectivity index (χ0n) is 15.3. The molecule has 0 aliphatic carbocycles. The Bertz CT molecular complexity index is 575. The average Bonchev–Trinajstić information content (AvgIpc) is 3.15. The van der Waals surface area contributed by atoms with Crippen LogP contribution in [-0.2, 0) is 4.79 Å². The van der Waals surface area contributed by atoms with Gasteiger partial charge >= 0.3 is 6.03 Å². The Hall–Kier alpha value is -2.05. The smallest absolute Gasteiger partial charge is 0.318 e. The molecule has 2 rings (SSSR count). The number of amides is 3. The molecule has 134 valence electrons. The lowest BCUT2D eigenvalue weighted by Crippen LogP contribution is -2.51. The number of nitrogens with zero attached hydrogens (tertiary/aromatic N) is 3. The van der Waals surface area contributed by atoms with Crippen LogP contribution in [0.25, 0.3) is 0 Å². The van der Waals surface area contributed by atoms with Gasteiger partial charge in [0.25, 0.3) is 0 Å². The molecule has 1 aliphatic heterocycles. The lowest BCUT2D eigenvalue weighted by atomic mass is 10.1. The summed E-state index contributed by atoms with van der Waals surface area (Å²) >= 11 is 0. The Balaban J connectivity index is 2.07. The van der Waals surface area contributed by atoms with E-state index in [1.165, 1.54) is 0 Å². The van der Waals surface area contributed by atoms with Crippen molar-refractivity contribution < 1.29 is 14.1 Å². The Labute approximate surface area is 143 Å².